The SMILES string of the molecule is CC(C)(C)Oc1ccccc1CNC(=O)C(F)(F)F. The number of hydrogen-bond donors (Lipinski definition) is 1. The number of hydrogen-bond acceptors (Lipinski definition) is 2. The highest BCUT2D eigenvalue weighted by atomic mass is 19.4. The van der Waals surface area contributed by atoms with E-state index in [0.717, 1.165) is 0 Å². The Bertz CT molecular complexity index is 450. The topological polar surface area (TPSA) is 38.3 Å². The molecule has 1 rings (SSSR count). The van der Waals surface area contributed by atoms with Gasteiger partial charge in [0.1, 0.15) is 11.4 Å². The van der Waals surface area contributed by atoms with Crippen molar-refractivity contribution in [2.45, 2.75) is 39.1 Å². The Morgan fingerprint density at radius 1 is 1.21 bits per heavy atom. The minimum Gasteiger partial charge on any atom is -0.488 e. The van der Waals surface area contributed by atoms with Crippen LogP contribution in [0.3, 0.4) is 0 Å². The van der Waals surface area contributed by atoms with Gasteiger partial charge in [0.2, 0.25) is 0 Å². The van der Waals surface area contributed by atoms with Crippen LogP contribution in [0, 0.1) is 0 Å². The zero-order valence-corrected chi connectivity index (χ0v) is 11.0. The van der Waals surface area contributed by atoms with Gasteiger partial charge in [-0.2, -0.15) is 13.2 Å². The molecule has 0 saturated heterocycles. The van der Waals surface area contributed by atoms with Crippen molar-refractivity contribution in [1.29, 1.82) is 0 Å². The van der Waals surface area contributed by atoms with Crippen LogP contribution in [0.5, 0.6) is 5.75 Å². The fourth-order valence-electron chi connectivity index (χ4n) is 1.36. The quantitative estimate of drug-likeness (QED) is 0.920. The molecule has 0 saturated carbocycles. The van der Waals surface area contributed by atoms with E-state index in [1.807, 2.05) is 26.1 Å². The van der Waals surface area contributed by atoms with Gasteiger partial charge >= 0.3 is 12.1 Å². The van der Waals surface area contributed by atoms with Gasteiger partial charge in [0.05, 0.1) is 0 Å². The van der Waals surface area contributed by atoms with Gasteiger partial charge in [0, 0.05) is 12.1 Å². The Morgan fingerprint density at radius 3 is 2.32 bits per heavy atom. The molecule has 0 bridgehead atoms. The lowest BCUT2D eigenvalue weighted by molar-refractivity contribution is -0.173. The molecule has 1 aromatic carbocycles. The van der Waals surface area contributed by atoms with E-state index in [9.17, 15) is 18.0 Å². The van der Waals surface area contributed by atoms with Crippen molar-refractivity contribution in [2.24, 2.45) is 0 Å². The molecule has 0 spiro atoms. The Morgan fingerprint density at radius 2 is 1.79 bits per heavy atom. The highest BCUT2D eigenvalue weighted by molar-refractivity contribution is 5.81. The fraction of sp³-hybridized carbons (Fsp3) is 0.462. The van der Waals surface area contributed by atoms with Crippen LogP contribution < -0.4 is 10.1 Å². The number of alkyl halides is 3. The van der Waals surface area contributed by atoms with Gasteiger partial charge in [0.25, 0.3) is 0 Å². The third-order valence-corrected chi connectivity index (χ3v) is 2.09. The molecule has 0 aliphatic heterocycles. The van der Waals surface area contributed by atoms with Crippen molar-refractivity contribution in [3.8, 4) is 5.75 Å². The summed E-state index contributed by atoms with van der Waals surface area (Å²) in [5, 5.41) is 1.82. The molecule has 0 aliphatic rings. The number of halogens is 3. The molecular weight excluding hydrogens is 259 g/mol. The van der Waals surface area contributed by atoms with Crippen LogP contribution in [0.4, 0.5) is 13.2 Å². The zero-order valence-electron chi connectivity index (χ0n) is 11.0. The highest BCUT2D eigenvalue weighted by Crippen LogP contribution is 2.23. The Labute approximate surface area is 109 Å². The molecule has 0 fully saturated rings. The smallest absolute Gasteiger partial charge is 0.471 e. The second kappa shape index (κ2) is 5.50. The Hall–Kier alpha value is -1.72. The summed E-state index contributed by atoms with van der Waals surface area (Å²) in [7, 11) is 0. The van der Waals surface area contributed by atoms with E-state index in [0.29, 0.717) is 11.3 Å². The van der Waals surface area contributed by atoms with Crippen molar-refractivity contribution in [3.63, 3.8) is 0 Å². The van der Waals surface area contributed by atoms with Crippen LogP contribution >= 0.6 is 0 Å². The van der Waals surface area contributed by atoms with E-state index in [1.54, 1.807) is 24.3 Å². The molecule has 0 heterocycles. The summed E-state index contributed by atoms with van der Waals surface area (Å²) in [6, 6.07) is 6.65. The number of ether oxygens (including phenoxy) is 1. The first-order valence-electron chi connectivity index (χ1n) is 5.71. The lowest BCUT2D eigenvalue weighted by atomic mass is 10.1. The van der Waals surface area contributed by atoms with E-state index in [2.05, 4.69) is 0 Å². The third kappa shape index (κ3) is 5.19. The van der Waals surface area contributed by atoms with Gasteiger partial charge in [-0.3, -0.25) is 4.79 Å². The molecule has 1 aromatic rings. The summed E-state index contributed by atoms with van der Waals surface area (Å²) in [4.78, 5) is 10.8. The number of carbonyl (C=O) groups is 1. The summed E-state index contributed by atoms with van der Waals surface area (Å²) < 4.78 is 41.9. The predicted octanol–water partition coefficient (Wildman–Crippen LogP) is 3.04. The van der Waals surface area contributed by atoms with E-state index >= 15 is 0 Å². The van der Waals surface area contributed by atoms with Gasteiger partial charge in [-0.1, -0.05) is 18.2 Å². The highest BCUT2D eigenvalue weighted by Gasteiger charge is 2.38. The molecule has 6 heteroatoms. The molecule has 1 N–H and O–H groups in total. The summed E-state index contributed by atoms with van der Waals surface area (Å²) in [5.74, 6) is -1.50. The molecule has 0 aromatic heterocycles. The van der Waals surface area contributed by atoms with Crippen LogP contribution in [0.15, 0.2) is 24.3 Å². The summed E-state index contributed by atoms with van der Waals surface area (Å²) in [6.45, 7) is 5.26. The van der Waals surface area contributed by atoms with E-state index in [1.165, 1.54) is 0 Å². The van der Waals surface area contributed by atoms with Crippen molar-refractivity contribution in [3.05, 3.63) is 29.8 Å². The molecular formula is C13H16F3NO2. The van der Waals surface area contributed by atoms with Crippen LogP contribution in [-0.4, -0.2) is 17.7 Å². The summed E-state index contributed by atoms with van der Waals surface area (Å²) in [5.41, 5.74) is 0.0273. The first kappa shape index (κ1) is 15.3. The fourth-order valence-corrected chi connectivity index (χ4v) is 1.36. The zero-order chi connectivity index (χ0) is 14.7. The van der Waals surface area contributed by atoms with Crippen molar-refractivity contribution in [2.75, 3.05) is 0 Å². The number of para-hydroxylation sites is 1. The van der Waals surface area contributed by atoms with Crippen LogP contribution in [-0.2, 0) is 11.3 Å². The second-order valence-corrected chi connectivity index (χ2v) is 5.00. The molecule has 1 amide bonds. The lowest BCUT2D eigenvalue weighted by Gasteiger charge is -2.23. The Kier molecular flexibility index (Phi) is 4.44. The molecule has 0 unspecified atom stereocenters. The summed E-state index contributed by atoms with van der Waals surface area (Å²) in [6.07, 6.45) is -4.88. The van der Waals surface area contributed by atoms with E-state index in [-0.39, 0.29) is 6.54 Å². The van der Waals surface area contributed by atoms with Crippen molar-refractivity contribution in [1.82, 2.24) is 5.32 Å². The maximum Gasteiger partial charge on any atom is 0.471 e. The molecule has 0 radical (unpaired) electrons. The maximum absolute atomic E-state index is 12.1. The number of nitrogens with one attached hydrogen (secondary N) is 1. The van der Waals surface area contributed by atoms with Crippen LogP contribution in [0.2, 0.25) is 0 Å². The number of rotatable bonds is 3. The van der Waals surface area contributed by atoms with Gasteiger partial charge < -0.3 is 10.1 Å². The van der Waals surface area contributed by atoms with Gasteiger partial charge in [-0.25, -0.2) is 0 Å². The van der Waals surface area contributed by atoms with Crippen LogP contribution in [0.1, 0.15) is 26.3 Å². The Balaban J connectivity index is 2.77. The molecule has 106 valence electrons. The largest absolute Gasteiger partial charge is 0.488 e. The normalized spacial score (nSPS) is 12.1. The van der Waals surface area contributed by atoms with Crippen LogP contribution in [0.25, 0.3) is 0 Å². The standard InChI is InChI=1S/C13H16F3NO2/c1-12(2,3)19-10-7-5-4-6-9(10)8-17-11(18)13(14,15)16/h4-7H,8H2,1-3H3,(H,17,18). The monoisotopic (exact) mass is 275 g/mol. The number of benzene rings is 1. The molecule has 19 heavy (non-hydrogen) atoms. The van der Waals surface area contributed by atoms with Crippen molar-refractivity contribution >= 4 is 5.91 Å². The lowest BCUT2D eigenvalue weighted by Crippen LogP contribution is -2.36. The van der Waals surface area contributed by atoms with E-state index in [4.69, 9.17) is 4.74 Å². The molecule has 0 atom stereocenters. The minimum absolute atomic E-state index is 0.232. The second-order valence-electron chi connectivity index (χ2n) is 5.00. The third-order valence-electron chi connectivity index (χ3n) is 2.09. The average Bonchev–Trinajstić information content (AvgIpc) is 2.24. The first-order chi connectivity index (χ1) is 8.59. The van der Waals surface area contributed by atoms with Gasteiger partial charge in [0.15, 0.2) is 0 Å². The van der Waals surface area contributed by atoms with E-state index < -0.39 is 17.7 Å². The first-order valence-corrected chi connectivity index (χ1v) is 5.71. The average molecular weight is 275 g/mol. The maximum atomic E-state index is 12.1. The number of amides is 1. The van der Waals surface area contributed by atoms with Crippen molar-refractivity contribution < 1.29 is 22.7 Å². The predicted molar refractivity (Wildman–Crippen MR) is 64.7 cm³/mol. The number of carbonyl (C=O) groups excluding carboxylic acids is 1. The molecule has 0 aliphatic carbocycles. The van der Waals surface area contributed by atoms with Gasteiger partial charge in [-0.05, 0) is 26.8 Å². The molecule has 3 nitrogen and oxygen atoms in total. The minimum atomic E-state index is -4.88. The summed E-state index contributed by atoms with van der Waals surface area (Å²) >= 11 is 0. The van der Waals surface area contributed by atoms with Gasteiger partial charge in [-0.15, -0.1) is 0 Å².